The zero-order chi connectivity index (χ0) is 18.6. The third kappa shape index (κ3) is 3.78. The molecule has 3 aromatic rings. The first-order valence-corrected chi connectivity index (χ1v) is 9.37. The highest BCUT2D eigenvalue weighted by molar-refractivity contribution is 5.95. The first-order chi connectivity index (χ1) is 13.2. The van der Waals surface area contributed by atoms with Gasteiger partial charge in [0.1, 0.15) is 0 Å². The predicted octanol–water partition coefficient (Wildman–Crippen LogP) is 4.50. The van der Waals surface area contributed by atoms with Crippen LogP contribution in [0.2, 0.25) is 0 Å². The Labute approximate surface area is 158 Å². The molecule has 1 saturated heterocycles. The predicted molar refractivity (Wildman–Crippen MR) is 104 cm³/mol. The third-order valence-corrected chi connectivity index (χ3v) is 5.30. The molecule has 1 atom stereocenters. The number of aromatic amines is 1. The van der Waals surface area contributed by atoms with Gasteiger partial charge >= 0.3 is 5.97 Å². The number of nitrogens with zero attached hydrogens (tertiary/aromatic N) is 2. The van der Waals surface area contributed by atoms with Crippen molar-refractivity contribution in [3.8, 4) is 11.1 Å². The number of hydrogen-bond donors (Lipinski definition) is 2. The molecule has 0 saturated carbocycles. The summed E-state index contributed by atoms with van der Waals surface area (Å²) in [7, 11) is 0. The average Bonchev–Trinajstić information content (AvgIpc) is 3.24. The van der Waals surface area contributed by atoms with E-state index in [1.807, 2.05) is 30.5 Å². The topological polar surface area (TPSA) is 69.2 Å². The van der Waals surface area contributed by atoms with Crippen LogP contribution in [0.3, 0.4) is 0 Å². The highest BCUT2D eigenvalue weighted by Gasteiger charge is 2.24. The molecule has 2 N–H and O–H groups in total. The quantitative estimate of drug-likeness (QED) is 0.702. The first kappa shape index (κ1) is 17.5. The van der Waals surface area contributed by atoms with E-state index in [2.05, 4.69) is 33.3 Å². The second kappa shape index (κ2) is 7.76. The molecule has 1 aliphatic rings. The maximum Gasteiger partial charge on any atom is 0.336 e. The Morgan fingerprint density at radius 3 is 2.67 bits per heavy atom. The van der Waals surface area contributed by atoms with Gasteiger partial charge in [0.05, 0.1) is 17.3 Å². The van der Waals surface area contributed by atoms with Crippen LogP contribution in [0.25, 0.3) is 11.1 Å². The summed E-state index contributed by atoms with van der Waals surface area (Å²) in [6.07, 6.45) is 5.42. The number of H-pyrrole nitrogens is 1. The molecule has 0 bridgehead atoms. The van der Waals surface area contributed by atoms with Crippen LogP contribution < -0.4 is 0 Å². The monoisotopic (exact) mass is 361 g/mol. The van der Waals surface area contributed by atoms with Gasteiger partial charge in [-0.1, -0.05) is 48.9 Å². The fourth-order valence-electron chi connectivity index (χ4n) is 3.93. The Hall–Kier alpha value is -2.92. The fraction of sp³-hybridized carbons (Fsp3) is 0.273. The molecule has 1 fully saturated rings. The van der Waals surface area contributed by atoms with Crippen molar-refractivity contribution >= 4 is 5.97 Å². The van der Waals surface area contributed by atoms with E-state index < -0.39 is 5.97 Å². The van der Waals surface area contributed by atoms with Crippen molar-refractivity contribution < 1.29 is 9.90 Å². The van der Waals surface area contributed by atoms with Crippen LogP contribution in [-0.4, -0.2) is 32.7 Å². The smallest absolute Gasteiger partial charge is 0.336 e. The van der Waals surface area contributed by atoms with Gasteiger partial charge in [-0.25, -0.2) is 4.79 Å². The van der Waals surface area contributed by atoms with Crippen LogP contribution in [0.1, 0.15) is 46.9 Å². The summed E-state index contributed by atoms with van der Waals surface area (Å²) >= 11 is 0. The Morgan fingerprint density at radius 2 is 1.93 bits per heavy atom. The van der Waals surface area contributed by atoms with E-state index in [1.165, 1.54) is 24.1 Å². The van der Waals surface area contributed by atoms with Crippen LogP contribution in [-0.2, 0) is 6.54 Å². The highest BCUT2D eigenvalue weighted by atomic mass is 16.4. The second-order valence-corrected chi connectivity index (χ2v) is 7.04. The largest absolute Gasteiger partial charge is 0.478 e. The molecule has 4 rings (SSSR count). The van der Waals surface area contributed by atoms with Crippen molar-refractivity contribution in [2.75, 3.05) is 6.54 Å². The molecule has 27 heavy (non-hydrogen) atoms. The second-order valence-electron chi connectivity index (χ2n) is 7.04. The van der Waals surface area contributed by atoms with Crippen LogP contribution in [0, 0.1) is 0 Å². The molecule has 0 aliphatic carbocycles. The minimum Gasteiger partial charge on any atom is -0.478 e. The molecule has 0 amide bonds. The first-order valence-electron chi connectivity index (χ1n) is 9.37. The van der Waals surface area contributed by atoms with E-state index in [0.717, 1.165) is 30.6 Å². The molecule has 0 spiro atoms. The number of likely N-dealkylation sites (tertiary alicyclic amines) is 1. The average molecular weight is 361 g/mol. The Bertz CT molecular complexity index is 904. The molecule has 1 aromatic heterocycles. The maximum absolute atomic E-state index is 11.5. The summed E-state index contributed by atoms with van der Waals surface area (Å²) in [5, 5.41) is 16.6. The lowest BCUT2D eigenvalue weighted by molar-refractivity contribution is 0.0697. The Morgan fingerprint density at radius 1 is 1.11 bits per heavy atom. The number of carbonyl (C=O) groups is 1. The van der Waals surface area contributed by atoms with Crippen LogP contribution in [0.15, 0.2) is 60.8 Å². The molecule has 1 aliphatic heterocycles. The van der Waals surface area contributed by atoms with Gasteiger partial charge in [0.15, 0.2) is 0 Å². The van der Waals surface area contributed by atoms with Gasteiger partial charge < -0.3 is 5.11 Å². The number of carboxylic acids is 1. The summed E-state index contributed by atoms with van der Waals surface area (Å²) in [6, 6.07) is 17.8. The Kier molecular flexibility index (Phi) is 5.03. The van der Waals surface area contributed by atoms with Crippen LogP contribution in [0.5, 0.6) is 0 Å². The summed E-state index contributed by atoms with van der Waals surface area (Å²) in [5.74, 6) is -0.898. The van der Waals surface area contributed by atoms with Gasteiger partial charge in [-0.05, 0) is 48.2 Å². The molecule has 0 radical (unpaired) electrons. The molecule has 5 nitrogen and oxygen atoms in total. The maximum atomic E-state index is 11.5. The molecule has 1 unspecified atom stereocenters. The van der Waals surface area contributed by atoms with E-state index >= 15 is 0 Å². The van der Waals surface area contributed by atoms with Crippen molar-refractivity contribution in [3.63, 3.8) is 0 Å². The number of rotatable bonds is 5. The third-order valence-electron chi connectivity index (χ3n) is 5.30. The number of aromatic nitrogens is 2. The van der Waals surface area contributed by atoms with Crippen LogP contribution in [0.4, 0.5) is 0 Å². The summed E-state index contributed by atoms with van der Waals surface area (Å²) in [6.45, 7) is 1.96. The van der Waals surface area contributed by atoms with E-state index in [-0.39, 0.29) is 0 Å². The van der Waals surface area contributed by atoms with Gasteiger partial charge in [-0.15, -0.1) is 0 Å². The van der Waals surface area contributed by atoms with E-state index in [0.29, 0.717) is 11.6 Å². The summed E-state index contributed by atoms with van der Waals surface area (Å²) < 4.78 is 0. The normalized spacial score (nSPS) is 17.7. The fourth-order valence-corrected chi connectivity index (χ4v) is 3.93. The van der Waals surface area contributed by atoms with E-state index in [1.54, 1.807) is 12.1 Å². The lowest BCUT2D eigenvalue weighted by Crippen LogP contribution is -2.33. The van der Waals surface area contributed by atoms with Gasteiger partial charge in [0.2, 0.25) is 0 Å². The van der Waals surface area contributed by atoms with Crippen molar-refractivity contribution in [2.24, 2.45) is 0 Å². The van der Waals surface area contributed by atoms with E-state index in [9.17, 15) is 9.90 Å². The summed E-state index contributed by atoms with van der Waals surface area (Å²) in [5.41, 5.74) is 4.44. The molecule has 138 valence electrons. The number of piperidine rings is 1. The lowest BCUT2D eigenvalue weighted by Gasteiger charge is -2.35. The highest BCUT2D eigenvalue weighted by Crippen LogP contribution is 2.31. The van der Waals surface area contributed by atoms with Crippen molar-refractivity contribution in [3.05, 3.63) is 77.6 Å². The Balaban J connectivity index is 1.53. The van der Waals surface area contributed by atoms with Crippen molar-refractivity contribution in [1.29, 1.82) is 0 Å². The standard InChI is InChI=1S/C22H23N3O2/c26-22(27)19-6-2-1-5-18(19)17-10-8-16(9-11-17)15-25-14-4-3-7-21(25)20-12-13-23-24-20/h1-2,5-6,8-13,21H,3-4,7,14-15H2,(H,23,24)(H,26,27). The molecule has 2 aromatic carbocycles. The van der Waals surface area contributed by atoms with Gasteiger partial charge in [-0.2, -0.15) is 5.10 Å². The minimum atomic E-state index is -0.898. The number of aromatic carboxylic acids is 1. The summed E-state index contributed by atoms with van der Waals surface area (Å²) in [4.78, 5) is 14.0. The molecular formula is C22H23N3O2. The number of carboxylic acid groups (broad SMARTS) is 1. The molecular weight excluding hydrogens is 338 g/mol. The number of nitrogens with one attached hydrogen (secondary N) is 1. The number of hydrogen-bond acceptors (Lipinski definition) is 3. The zero-order valence-corrected chi connectivity index (χ0v) is 15.1. The van der Waals surface area contributed by atoms with Crippen molar-refractivity contribution in [2.45, 2.75) is 31.8 Å². The SMILES string of the molecule is O=C(O)c1ccccc1-c1ccc(CN2CCCCC2c2ccn[nH]2)cc1. The molecule has 5 heteroatoms. The molecule has 2 heterocycles. The van der Waals surface area contributed by atoms with Gasteiger partial charge in [0, 0.05) is 12.7 Å². The number of benzene rings is 2. The zero-order valence-electron chi connectivity index (χ0n) is 15.1. The minimum absolute atomic E-state index is 0.334. The lowest BCUT2D eigenvalue weighted by atomic mass is 9.97. The van der Waals surface area contributed by atoms with Gasteiger partial charge in [0.25, 0.3) is 0 Å². The van der Waals surface area contributed by atoms with Crippen molar-refractivity contribution in [1.82, 2.24) is 15.1 Å². The van der Waals surface area contributed by atoms with Gasteiger partial charge in [-0.3, -0.25) is 10.00 Å². The van der Waals surface area contributed by atoms with Crippen LogP contribution >= 0.6 is 0 Å². The van der Waals surface area contributed by atoms with E-state index in [4.69, 9.17) is 0 Å².